The second-order valence-electron chi connectivity index (χ2n) is 5.31. The van der Waals surface area contributed by atoms with Crippen LogP contribution in [0.1, 0.15) is 72.1 Å². The molecule has 0 amide bonds. The summed E-state index contributed by atoms with van der Waals surface area (Å²) < 4.78 is 0. The minimum absolute atomic E-state index is 0. The summed E-state index contributed by atoms with van der Waals surface area (Å²) in [5.41, 5.74) is 0.174. The Labute approximate surface area is 124 Å². The van der Waals surface area contributed by atoms with Gasteiger partial charge in [-0.05, 0) is 32.0 Å². The first-order valence-electron chi connectivity index (χ1n) is 6.88. The van der Waals surface area contributed by atoms with E-state index in [2.05, 4.69) is 31.5 Å². The fraction of sp³-hybridized carbons (Fsp3) is 0.929. The maximum absolute atomic E-state index is 8.45. The van der Waals surface area contributed by atoms with Crippen LogP contribution in [0.5, 0.6) is 0 Å². The lowest BCUT2D eigenvalue weighted by Crippen LogP contribution is -2.38. The summed E-state index contributed by atoms with van der Waals surface area (Å²) in [7, 11) is 0. The Morgan fingerprint density at radius 3 is 2.17 bits per heavy atom. The lowest BCUT2D eigenvalue weighted by atomic mass is 9.96. The summed E-state index contributed by atoms with van der Waals surface area (Å²) in [6.07, 6.45) is 10.7. The summed E-state index contributed by atoms with van der Waals surface area (Å²) in [6, 6.07) is 0. The minimum Gasteiger partial charge on any atom is -0.302 e. The number of nitrogens with one attached hydrogen (secondary N) is 1. The van der Waals surface area contributed by atoms with Crippen LogP contribution in [0.15, 0.2) is 0 Å². The van der Waals surface area contributed by atoms with E-state index in [-0.39, 0.29) is 17.9 Å². The lowest BCUT2D eigenvalue weighted by molar-refractivity contribution is 0.368. The molecule has 0 aromatic heterocycles. The first kappa shape index (κ1) is 20.4. The summed E-state index contributed by atoms with van der Waals surface area (Å²) in [4.78, 5) is 0. The Hall–Kier alpha value is 0.0900. The molecule has 0 fully saturated rings. The molecule has 0 rings (SSSR count). The van der Waals surface area contributed by atoms with Crippen LogP contribution in [-0.4, -0.2) is 11.4 Å². The number of thioether (sulfide) groups is 1. The van der Waals surface area contributed by atoms with Crippen LogP contribution in [0.2, 0.25) is 0 Å². The zero-order chi connectivity index (χ0) is 13.0. The molecule has 4 heteroatoms. The van der Waals surface area contributed by atoms with Gasteiger partial charge in [-0.3, -0.25) is 0 Å². The molecule has 0 heterocycles. The van der Waals surface area contributed by atoms with E-state index in [4.69, 9.17) is 5.26 Å². The third kappa shape index (κ3) is 14.2. The van der Waals surface area contributed by atoms with Crippen LogP contribution in [0.25, 0.3) is 0 Å². The molecular formula is C14H29ClN2S. The van der Waals surface area contributed by atoms with Gasteiger partial charge in [-0.1, -0.05) is 51.9 Å². The van der Waals surface area contributed by atoms with E-state index in [1.165, 1.54) is 63.1 Å². The number of nitrogens with zero attached hydrogens (tertiary/aromatic N) is 1. The summed E-state index contributed by atoms with van der Waals surface area (Å²) >= 11 is 1.28. The molecule has 0 spiro atoms. The van der Waals surface area contributed by atoms with E-state index in [1.807, 2.05) is 0 Å². The zero-order valence-corrected chi connectivity index (χ0v) is 13.8. The van der Waals surface area contributed by atoms with Crippen molar-refractivity contribution in [1.82, 2.24) is 5.32 Å². The van der Waals surface area contributed by atoms with E-state index in [9.17, 15) is 0 Å². The summed E-state index contributed by atoms with van der Waals surface area (Å²) in [5.74, 6) is 0.736. The molecule has 0 aliphatic carbocycles. The van der Waals surface area contributed by atoms with E-state index < -0.39 is 0 Å². The smallest absolute Gasteiger partial charge is 0.134 e. The van der Waals surface area contributed by atoms with Crippen molar-refractivity contribution in [2.45, 2.75) is 77.7 Å². The molecule has 0 saturated heterocycles. The minimum atomic E-state index is 0. The van der Waals surface area contributed by atoms with Gasteiger partial charge in [0.25, 0.3) is 0 Å². The Bertz CT molecular complexity index is 214. The number of halogens is 1. The number of thiocyanates is 1. The molecule has 2 nitrogen and oxygen atoms in total. The van der Waals surface area contributed by atoms with E-state index in [0.717, 1.165) is 5.88 Å². The number of rotatable bonds is 11. The average Bonchev–Trinajstić information content (AvgIpc) is 2.28. The third-order valence-corrected chi connectivity index (χ3v) is 3.51. The van der Waals surface area contributed by atoms with Crippen LogP contribution in [0.4, 0.5) is 0 Å². The van der Waals surface area contributed by atoms with Crippen LogP contribution in [0, 0.1) is 10.7 Å². The van der Waals surface area contributed by atoms with Gasteiger partial charge in [-0.15, -0.1) is 12.4 Å². The van der Waals surface area contributed by atoms with E-state index >= 15 is 0 Å². The second-order valence-corrected chi connectivity index (χ2v) is 6.07. The predicted molar refractivity (Wildman–Crippen MR) is 85.1 cm³/mol. The fourth-order valence-corrected chi connectivity index (χ4v) is 2.40. The molecule has 0 aromatic carbocycles. The van der Waals surface area contributed by atoms with Gasteiger partial charge >= 0.3 is 0 Å². The predicted octanol–water partition coefficient (Wildman–Crippen LogP) is 5.09. The molecule has 0 bridgehead atoms. The molecule has 18 heavy (non-hydrogen) atoms. The fourth-order valence-electron chi connectivity index (χ4n) is 1.88. The Kier molecular flexibility index (Phi) is 15.3. The SMILES string of the molecule is CCCCCCCCCC(C)(C)NCSC#N.Cl. The largest absolute Gasteiger partial charge is 0.302 e. The molecule has 0 radical (unpaired) electrons. The van der Waals surface area contributed by atoms with E-state index in [0.29, 0.717) is 0 Å². The molecule has 0 aliphatic rings. The Balaban J connectivity index is 0. The van der Waals surface area contributed by atoms with Gasteiger partial charge in [0.15, 0.2) is 0 Å². The standard InChI is InChI=1S/C14H28N2S.ClH/c1-4-5-6-7-8-9-10-11-14(2,3)16-13-17-12-15;/h16H,4-11,13H2,1-3H3;1H. The second kappa shape index (κ2) is 13.5. The highest BCUT2D eigenvalue weighted by atomic mass is 35.5. The van der Waals surface area contributed by atoms with Gasteiger partial charge < -0.3 is 5.32 Å². The highest BCUT2D eigenvalue weighted by Gasteiger charge is 2.15. The highest BCUT2D eigenvalue weighted by Crippen LogP contribution is 2.16. The monoisotopic (exact) mass is 292 g/mol. The van der Waals surface area contributed by atoms with Crippen molar-refractivity contribution in [2.24, 2.45) is 0 Å². The van der Waals surface area contributed by atoms with Gasteiger partial charge in [0.2, 0.25) is 0 Å². The summed E-state index contributed by atoms with van der Waals surface area (Å²) in [6.45, 7) is 6.71. The molecule has 108 valence electrons. The van der Waals surface area contributed by atoms with Crippen LogP contribution in [0.3, 0.4) is 0 Å². The number of hydrogen-bond acceptors (Lipinski definition) is 3. The molecular weight excluding hydrogens is 264 g/mol. The van der Waals surface area contributed by atoms with Crippen LogP contribution in [-0.2, 0) is 0 Å². The van der Waals surface area contributed by atoms with Crippen molar-refractivity contribution in [3.8, 4) is 5.40 Å². The highest BCUT2D eigenvalue weighted by molar-refractivity contribution is 8.03. The average molecular weight is 293 g/mol. The van der Waals surface area contributed by atoms with Gasteiger partial charge in [-0.2, -0.15) is 5.26 Å². The normalized spacial score (nSPS) is 10.8. The first-order valence-corrected chi connectivity index (χ1v) is 7.87. The molecule has 0 unspecified atom stereocenters. The van der Waals surface area contributed by atoms with Crippen LogP contribution >= 0.6 is 24.2 Å². The Morgan fingerprint density at radius 2 is 1.61 bits per heavy atom. The number of unbranched alkanes of at least 4 members (excludes halogenated alkanes) is 6. The molecule has 1 N–H and O–H groups in total. The number of nitriles is 1. The van der Waals surface area contributed by atoms with Crippen molar-refractivity contribution < 1.29 is 0 Å². The molecule has 0 atom stereocenters. The lowest BCUT2D eigenvalue weighted by Gasteiger charge is -2.25. The molecule has 0 aromatic rings. The summed E-state index contributed by atoms with van der Waals surface area (Å²) in [5, 5.41) is 14.0. The maximum Gasteiger partial charge on any atom is 0.134 e. The molecule has 0 saturated carbocycles. The first-order chi connectivity index (χ1) is 8.12. The topological polar surface area (TPSA) is 35.8 Å². The van der Waals surface area contributed by atoms with Crippen molar-refractivity contribution in [3.05, 3.63) is 0 Å². The third-order valence-electron chi connectivity index (χ3n) is 3.09. The Morgan fingerprint density at radius 1 is 1.06 bits per heavy atom. The van der Waals surface area contributed by atoms with Gasteiger partial charge in [0.05, 0.1) is 5.88 Å². The van der Waals surface area contributed by atoms with Gasteiger partial charge in [0, 0.05) is 5.54 Å². The van der Waals surface area contributed by atoms with Crippen molar-refractivity contribution in [3.63, 3.8) is 0 Å². The number of hydrogen-bond donors (Lipinski definition) is 1. The van der Waals surface area contributed by atoms with Gasteiger partial charge in [-0.25, -0.2) is 0 Å². The quantitative estimate of drug-likeness (QED) is 0.327. The maximum atomic E-state index is 8.45. The van der Waals surface area contributed by atoms with Gasteiger partial charge in [0.1, 0.15) is 5.40 Å². The van der Waals surface area contributed by atoms with Crippen LogP contribution < -0.4 is 5.32 Å². The molecule has 0 aliphatic heterocycles. The van der Waals surface area contributed by atoms with E-state index in [1.54, 1.807) is 0 Å². The van der Waals surface area contributed by atoms with Crippen molar-refractivity contribution in [2.75, 3.05) is 5.88 Å². The zero-order valence-electron chi connectivity index (χ0n) is 12.1. The van der Waals surface area contributed by atoms with Crippen molar-refractivity contribution in [1.29, 1.82) is 5.26 Å². The van der Waals surface area contributed by atoms with Crippen molar-refractivity contribution >= 4 is 24.2 Å².